The van der Waals surface area contributed by atoms with E-state index >= 15 is 0 Å². The number of benzene rings is 1. The third-order valence-corrected chi connectivity index (χ3v) is 3.52. The van der Waals surface area contributed by atoms with E-state index in [1.807, 2.05) is 0 Å². The third kappa shape index (κ3) is 3.75. The second kappa shape index (κ2) is 7.05. The zero-order valence-corrected chi connectivity index (χ0v) is 12.4. The highest BCUT2D eigenvalue weighted by molar-refractivity contribution is 5.95. The zero-order chi connectivity index (χ0) is 17.0. The number of amides is 1. The van der Waals surface area contributed by atoms with Gasteiger partial charge < -0.3 is 19.5 Å². The van der Waals surface area contributed by atoms with Gasteiger partial charge in [-0.15, -0.1) is 0 Å². The van der Waals surface area contributed by atoms with Crippen molar-refractivity contribution >= 4 is 17.6 Å². The van der Waals surface area contributed by atoms with Crippen molar-refractivity contribution in [2.75, 3.05) is 26.9 Å². The molecule has 124 valence electrons. The van der Waals surface area contributed by atoms with Crippen LogP contribution in [0.3, 0.4) is 0 Å². The van der Waals surface area contributed by atoms with E-state index < -0.39 is 22.8 Å². The number of nitro groups is 1. The topological polar surface area (TPSA) is 119 Å². The highest BCUT2D eigenvalue weighted by Gasteiger charge is 2.31. The number of carbonyl (C=O) groups is 2. The van der Waals surface area contributed by atoms with Gasteiger partial charge in [0.15, 0.2) is 5.75 Å². The van der Waals surface area contributed by atoms with Crippen LogP contribution in [0.4, 0.5) is 5.69 Å². The molecule has 1 aliphatic heterocycles. The van der Waals surface area contributed by atoms with Gasteiger partial charge in [-0.25, -0.2) is 0 Å². The molecule has 1 atom stereocenters. The van der Waals surface area contributed by atoms with E-state index in [-0.39, 0.29) is 36.6 Å². The van der Waals surface area contributed by atoms with Crippen LogP contribution in [-0.4, -0.2) is 59.7 Å². The number of carbonyl (C=O) groups excluding carboxylic acids is 1. The Bertz CT molecular complexity index is 632. The summed E-state index contributed by atoms with van der Waals surface area (Å²) in [6.07, 6.45) is -0.246. The number of morpholine rings is 1. The molecule has 0 aromatic heterocycles. The predicted molar refractivity (Wildman–Crippen MR) is 77.5 cm³/mol. The number of hydrogen-bond acceptors (Lipinski definition) is 6. The first-order valence-electron chi connectivity index (χ1n) is 6.87. The zero-order valence-electron chi connectivity index (χ0n) is 12.4. The standard InChI is InChI=1S/C14H16N2O7/c1-22-12-3-2-9(6-11(12)16(20)21)14(19)15-4-5-23-8-10(15)7-13(17)18/h2-3,6,10H,4-5,7-8H2,1H3,(H,17,18). The van der Waals surface area contributed by atoms with Crippen molar-refractivity contribution in [3.05, 3.63) is 33.9 Å². The minimum Gasteiger partial charge on any atom is -0.490 e. The fraction of sp³-hybridized carbons (Fsp3) is 0.429. The SMILES string of the molecule is COc1ccc(C(=O)N2CCOCC2CC(=O)O)cc1[N+](=O)[O-]. The smallest absolute Gasteiger partial charge is 0.311 e. The van der Waals surface area contributed by atoms with Gasteiger partial charge in [0.2, 0.25) is 0 Å². The molecule has 0 saturated carbocycles. The molecule has 1 aromatic carbocycles. The van der Waals surface area contributed by atoms with Crippen LogP contribution in [0.25, 0.3) is 0 Å². The quantitative estimate of drug-likeness (QED) is 0.631. The van der Waals surface area contributed by atoms with Crippen molar-refractivity contribution in [3.63, 3.8) is 0 Å². The Morgan fingerprint density at radius 2 is 2.26 bits per heavy atom. The molecule has 0 spiro atoms. The number of carboxylic acid groups (broad SMARTS) is 1. The molecule has 23 heavy (non-hydrogen) atoms. The lowest BCUT2D eigenvalue weighted by Gasteiger charge is -2.34. The number of hydrogen-bond donors (Lipinski definition) is 1. The average Bonchev–Trinajstić information content (AvgIpc) is 2.53. The van der Waals surface area contributed by atoms with Crippen LogP contribution in [0.5, 0.6) is 5.75 Å². The largest absolute Gasteiger partial charge is 0.490 e. The number of methoxy groups -OCH3 is 1. The van der Waals surface area contributed by atoms with Crippen LogP contribution in [-0.2, 0) is 9.53 Å². The molecule has 1 aromatic rings. The minimum atomic E-state index is -1.04. The first kappa shape index (κ1) is 16.7. The Kier molecular flexibility index (Phi) is 5.12. The molecule has 1 N–H and O–H groups in total. The Morgan fingerprint density at radius 3 is 2.87 bits per heavy atom. The summed E-state index contributed by atoms with van der Waals surface area (Å²) in [5.74, 6) is -1.46. The Hall–Kier alpha value is -2.68. The fourth-order valence-electron chi connectivity index (χ4n) is 2.42. The molecule has 1 saturated heterocycles. The molecule has 1 amide bonds. The van der Waals surface area contributed by atoms with Gasteiger partial charge in [-0.3, -0.25) is 19.7 Å². The second-order valence-electron chi connectivity index (χ2n) is 4.97. The summed E-state index contributed by atoms with van der Waals surface area (Å²) in [7, 11) is 1.30. The third-order valence-electron chi connectivity index (χ3n) is 3.52. The summed E-state index contributed by atoms with van der Waals surface area (Å²) < 4.78 is 10.1. The van der Waals surface area contributed by atoms with Gasteiger partial charge in [0.25, 0.3) is 5.91 Å². The van der Waals surface area contributed by atoms with Gasteiger partial charge in [0.05, 0.1) is 37.7 Å². The Balaban J connectivity index is 2.29. The van der Waals surface area contributed by atoms with Crippen LogP contribution in [0.15, 0.2) is 18.2 Å². The maximum absolute atomic E-state index is 12.6. The molecule has 1 fully saturated rings. The van der Waals surface area contributed by atoms with Crippen molar-refractivity contribution in [1.82, 2.24) is 4.90 Å². The molecule has 0 aliphatic carbocycles. The molecule has 2 rings (SSSR count). The van der Waals surface area contributed by atoms with Gasteiger partial charge in [-0.2, -0.15) is 0 Å². The van der Waals surface area contributed by atoms with Crippen LogP contribution in [0, 0.1) is 10.1 Å². The number of ether oxygens (including phenoxy) is 2. The summed E-state index contributed by atoms with van der Waals surface area (Å²) in [5.41, 5.74) is -0.212. The van der Waals surface area contributed by atoms with Crippen LogP contribution >= 0.6 is 0 Å². The number of aliphatic carboxylic acids is 1. The monoisotopic (exact) mass is 324 g/mol. The highest BCUT2D eigenvalue weighted by Crippen LogP contribution is 2.28. The lowest BCUT2D eigenvalue weighted by molar-refractivity contribution is -0.385. The Morgan fingerprint density at radius 1 is 1.52 bits per heavy atom. The van der Waals surface area contributed by atoms with E-state index in [0.29, 0.717) is 6.61 Å². The lowest BCUT2D eigenvalue weighted by Crippen LogP contribution is -2.49. The number of nitro benzene ring substituents is 1. The molecular formula is C14H16N2O7. The second-order valence-corrected chi connectivity index (χ2v) is 4.97. The van der Waals surface area contributed by atoms with Gasteiger partial charge in [-0.1, -0.05) is 0 Å². The number of carboxylic acids is 1. The van der Waals surface area contributed by atoms with Crippen LogP contribution in [0.1, 0.15) is 16.8 Å². The molecule has 1 aliphatic rings. The molecule has 9 heteroatoms. The van der Waals surface area contributed by atoms with E-state index in [4.69, 9.17) is 14.6 Å². The molecule has 0 radical (unpaired) electrons. The van der Waals surface area contributed by atoms with Crippen LogP contribution < -0.4 is 4.74 Å². The first-order chi connectivity index (χ1) is 10.9. The van der Waals surface area contributed by atoms with E-state index in [2.05, 4.69) is 0 Å². The summed E-state index contributed by atoms with van der Waals surface area (Å²) in [5, 5.41) is 20.0. The molecular weight excluding hydrogens is 308 g/mol. The van der Waals surface area contributed by atoms with Gasteiger partial charge in [-0.05, 0) is 12.1 Å². The molecule has 9 nitrogen and oxygen atoms in total. The molecule has 0 bridgehead atoms. The maximum Gasteiger partial charge on any atom is 0.311 e. The average molecular weight is 324 g/mol. The highest BCUT2D eigenvalue weighted by atomic mass is 16.6. The Labute approximate surface area is 131 Å². The van der Waals surface area contributed by atoms with Crippen molar-refractivity contribution in [2.24, 2.45) is 0 Å². The fourth-order valence-corrected chi connectivity index (χ4v) is 2.42. The van der Waals surface area contributed by atoms with Gasteiger partial charge in [0, 0.05) is 18.2 Å². The lowest BCUT2D eigenvalue weighted by atomic mass is 10.1. The predicted octanol–water partition coefficient (Wildman–Crippen LogP) is 0.919. The summed E-state index contributed by atoms with van der Waals surface area (Å²) in [6.45, 7) is 0.646. The molecule has 1 unspecified atom stereocenters. The summed E-state index contributed by atoms with van der Waals surface area (Å²) in [4.78, 5) is 35.3. The summed E-state index contributed by atoms with van der Waals surface area (Å²) >= 11 is 0. The van der Waals surface area contributed by atoms with Crippen molar-refractivity contribution < 1.29 is 29.1 Å². The first-order valence-corrected chi connectivity index (χ1v) is 6.87. The van der Waals surface area contributed by atoms with E-state index in [1.165, 1.54) is 24.1 Å². The maximum atomic E-state index is 12.6. The van der Waals surface area contributed by atoms with Crippen molar-refractivity contribution in [3.8, 4) is 5.75 Å². The van der Waals surface area contributed by atoms with Gasteiger partial charge in [0.1, 0.15) is 0 Å². The van der Waals surface area contributed by atoms with E-state index in [0.717, 1.165) is 6.07 Å². The number of nitrogens with zero attached hydrogens (tertiary/aromatic N) is 2. The number of rotatable bonds is 5. The normalized spacial score (nSPS) is 17.6. The molecule has 1 heterocycles. The van der Waals surface area contributed by atoms with Gasteiger partial charge >= 0.3 is 11.7 Å². The van der Waals surface area contributed by atoms with Crippen LogP contribution in [0.2, 0.25) is 0 Å². The van der Waals surface area contributed by atoms with E-state index in [9.17, 15) is 19.7 Å². The minimum absolute atomic E-state index is 0.0515. The summed E-state index contributed by atoms with van der Waals surface area (Å²) in [6, 6.07) is 3.29. The van der Waals surface area contributed by atoms with E-state index in [1.54, 1.807) is 0 Å². The van der Waals surface area contributed by atoms with Crippen molar-refractivity contribution in [2.45, 2.75) is 12.5 Å². The van der Waals surface area contributed by atoms with Crippen molar-refractivity contribution in [1.29, 1.82) is 0 Å².